The molecule has 3 nitrogen and oxygen atoms in total. The van der Waals surface area contributed by atoms with Crippen molar-refractivity contribution in [2.75, 3.05) is 6.61 Å². The Morgan fingerprint density at radius 1 is 1.36 bits per heavy atom. The highest BCUT2D eigenvalue weighted by atomic mass is 16.5. The van der Waals surface area contributed by atoms with Crippen LogP contribution < -0.4 is 4.74 Å². The van der Waals surface area contributed by atoms with Crippen molar-refractivity contribution in [3.8, 4) is 5.88 Å². The number of fused-ring (bicyclic) bond motifs is 1. The average Bonchev–Trinajstić information content (AvgIpc) is 2.44. The Morgan fingerprint density at radius 3 is 2.64 bits per heavy atom. The number of nitrogens with zero attached hydrogens (tertiary/aromatic N) is 2. The normalized spacial score (nSPS) is 16.3. The number of rotatable bonds is 0. The topological polar surface area (TPSA) is 27.1 Å². The molecule has 0 radical (unpaired) electrons. The van der Waals surface area contributed by atoms with Crippen LogP contribution in [0.4, 0.5) is 0 Å². The zero-order valence-electron chi connectivity index (χ0n) is 9.42. The summed E-state index contributed by atoms with van der Waals surface area (Å²) in [4.78, 5) is 0. The van der Waals surface area contributed by atoms with E-state index in [2.05, 4.69) is 32.8 Å². The minimum atomic E-state index is 0.109. The summed E-state index contributed by atoms with van der Waals surface area (Å²) >= 11 is 0. The Kier molecular flexibility index (Phi) is 2.05. The molecular weight excluding hydrogens is 176 g/mol. The Hall–Kier alpha value is -0.990. The zero-order valence-corrected chi connectivity index (χ0v) is 9.42. The first kappa shape index (κ1) is 9.56. The van der Waals surface area contributed by atoms with Gasteiger partial charge in [0.25, 0.3) is 0 Å². The SMILES string of the molecule is Cc1c(C(C)(C)C)nn2c1OCCC2. The molecule has 0 atom stereocenters. The molecular formula is C11H18N2O. The van der Waals surface area contributed by atoms with Crippen molar-refractivity contribution in [1.82, 2.24) is 9.78 Å². The molecule has 3 heteroatoms. The third kappa shape index (κ3) is 1.41. The third-order valence-electron chi connectivity index (χ3n) is 2.59. The van der Waals surface area contributed by atoms with Gasteiger partial charge < -0.3 is 4.74 Å². The van der Waals surface area contributed by atoms with Crippen LogP contribution in [0.5, 0.6) is 5.88 Å². The summed E-state index contributed by atoms with van der Waals surface area (Å²) in [5.74, 6) is 0.973. The molecule has 2 heterocycles. The summed E-state index contributed by atoms with van der Waals surface area (Å²) in [6.07, 6.45) is 1.07. The smallest absolute Gasteiger partial charge is 0.215 e. The Morgan fingerprint density at radius 2 is 2.07 bits per heavy atom. The second-order valence-corrected chi connectivity index (χ2v) is 4.95. The zero-order chi connectivity index (χ0) is 10.3. The van der Waals surface area contributed by atoms with Crippen LogP contribution in [-0.2, 0) is 12.0 Å². The van der Waals surface area contributed by atoms with Crippen LogP contribution in [0.1, 0.15) is 38.4 Å². The molecule has 0 aromatic carbocycles. The van der Waals surface area contributed by atoms with Gasteiger partial charge in [-0.1, -0.05) is 20.8 Å². The fourth-order valence-electron chi connectivity index (χ4n) is 1.97. The molecule has 0 spiro atoms. The highest BCUT2D eigenvalue weighted by molar-refractivity contribution is 5.34. The van der Waals surface area contributed by atoms with Gasteiger partial charge >= 0.3 is 0 Å². The summed E-state index contributed by atoms with van der Waals surface area (Å²) < 4.78 is 7.63. The van der Waals surface area contributed by atoms with Crippen molar-refractivity contribution in [3.63, 3.8) is 0 Å². The molecule has 1 aromatic heterocycles. The summed E-state index contributed by atoms with van der Waals surface area (Å²) in [5.41, 5.74) is 2.48. The Bertz CT molecular complexity index is 347. The largest absolute Gasteiger partial charge is 0.478 e. The Labute approximate surface area is 85.1 Å². The van der Waals surface area contributed by atoms with E-state index in [1.807, 2.05) is 4.68 Å². The predicted molar refractivity (Wildman–Crippen MR) is 55.8 cm³/mol. The van der Waals surface area contributed by atoms with Crippen molar-refractivity contribution < 1.29 is 4.74 Å². The standard InChI is InChI=1S/C11H18N2O/c1-8-9(11(2,3)4)12-13-6-5-7-14-10(8)13/h5-7H2,1-4H3. The number of hydrogen-bond donors (Lipinski definition) is 0. The molecule has 0 unspecified atom stereocenters. The van der Waals surface area contributed by atoms with Crippen LogP contribution in [0.15, 0.2) is 0 Å². The number of ether oxygens (including phenoxy) is 1. The highest BCUT2D eigenvalue weighted by Crippen LogP contribution is 2.32. The van der Waals surface area contributed by atoms with Crippen LogP contribution in [0.3, 0.4) is 0 Å². The number of hydrogen-bond acceptors (Lipinski definition) is 2. The van der Waals surface area contributed by atoms with E-state index in [1.54, 1.807) is 0 Å². The third-order valence-corrected chi connectivity index (χ3v) is 2.59. The van der Waals surface area contributed by atoms with Crippen LogP contribution >= 0.6 is 0 Å². The maximum Gasteiger partial charge on any atom is 0.215 e. The highest BCUT2D eigenvalue weighted by Gasteiger charge is 2.26. The van der Waals surface area contributed by atoms with E-state index >= 15 is 0 Å². The van der Waals surface area contributed by atoms with Crippen molar-refractivity contribution >= 4 is 0 Å². The second-order valence-electron chi connectivity index (χ2n) is 4.95. The van der Waals surface area contributed by atoms with Gasteiger partial charge in [-0.3, -0.25) is 0 Å². The second kappa shape index (κ2) is 3.01. The maximum atomic E-state index is 5.63. The first-order chi connectivity index (χ1) is 6.50. The fraction of sp³-hybridized carbons (Fsp3) is 0.727. The molecule has 0 aliphatic carbocycles. The van der Waals surface area contributed by atoms with Crippen LogP contribution in [0.25, 0.3) is 0 Å². The number of aromatic nitrogens is 2. The van der Waals surface area contributed by atoms with E-state index in [9.17, 15) is 0 Å². The summed E-state index contributed by atoms with van der Waals surface area (Å²) in [6.45, 7) is 10.5. The predicted octanol–water partition coefficient (Wildman–Crippen LogP) is 2.27. The van der Waals surface area contributed by atoms with Crippen molar-refractivity contribution in [2.24, 2.45) is 0 Å². The van der Waals surface area contributed by atoms with Gasteiger partial charge in [0, 0.05) is 23.9 Å². The lowest BCUT2D eigenvalue weighted by atomic mass is 9.90. The van der Waals surface area contributed by atoms with Gasteiger partial charge in [-0.25, -0.2) is 4.68 Å². The summed E-state index contributed by atoms with van der Waals surface area (Å²) in [7, 11) is 0. The van der Waals surface area contributed by atoms with Gasteiger partial charge in [-0.2, -0.15) is 5.10 Å². The van der Waals surface area contributed by atoms with E-state index in [0.29, 0.717) is 0 Å². The molecule has 0 bridgehead atoms. The van der Waals surface area contributed by atoms with Gasteiger partial charge in [-0.15, -0.1) is 0 Å². The van der Waals surface area contributed by atoms with Gasteiger partial charge in [0.1, 0.15) is 0 Å². The summed E-state index contributed by atoms with van der Waals surface area (Å²) in [5, 5.41) is 4.61. The van der Waals surface area contributed by atoms with E-state index in [1.165, 1.54) is 5.56 Å². The lowest BCUT2D eigenvalue weighted by molar-refractivity contribution is 0.229. The van der Waals surface area contributed by atoms with Gasteiger partial charge in [0.15, 0.2) is 0 Å². The molecule has 14 heavy (non-hydrogen) atoms. The van der Waals surface area contributed by atoms with E-state index in [-0.39, 0.29) is 5.41 Å². The number of aryl methyl sites for hydroxylation is 1. The minimum Gasteiger partial charge on any atom is -0.478 e. The molecule has 0 amide bonds. The molecule has 1 aromatic rings. The molecule has 2 rings (SSSR count). The molecule has 1 aliphatic heterocycles. The molecule has 0 saturated carbocycles. The molecule has 1 aliphatic rings. The Balaban J connectivity index is 2.49. The monoisotopic (exact) mass is 194 g/mol. The molecule has 0 N–H and O–H groups in total. The van der Waals surface area contributed by atoms with Crippen LogP contribution in [0.2, 0.25) is 0 Å². The first-order valence-corrected chi connectivity index (χ1v) is 5.21. The lowest BCUT2D eigenvalue weighted by Gasteiger charge is -2.16. The summed E-state index contributed by atoms with van der Waals surface area (Å²) in [6, 6.07) is 0. The van der Waals surface area contributed by atoms with E-state index in [0.717, 1.165) is 31.1 Å². The van der Waals surface area contributed by atoms with Crippen molar-refractivity contribution in [3.05, 3.63) is 11.3 Å². The van der Waals surface area contributed by atoms with Crippen molar-refractivity contribution in [2.45, 2.75) is 46.1 Å². The molecule has 78 valence electrons. The quantitative estimate of drug-likeness (QED) is 0.633. The van der Waals surface area contributed by atoms with Gasteiger partial charge in [-0.05, 0) is 6.92 Å². The van der Waals surface area contributed by atoms with E-state index in [4.69, 9.17) is 4.74 Å². The van der Waals surface area contributed by atoms with E-state index < -0.39 is 0 Å². The molecule has 0 fully saturated rings. The van der Waals surface area contributed by atoms with Gasteiger partial charge in [0.2, 0.25) is 5.88 Å². The minimum absolute atomic E-state index is 0.109. The van der Waals surface area contributed by atoms with Crippen LogP contribution in [-0.4, -0.2) is 16.4 Å². The van der Waals surface area contributed by atoms with Crippen LogP contribution in [0, 0.1) is 6.92 Å². The lowest BCUT2D eigenvalue weighted by Crippen LogP contribution is -2.16. The van der Waals surface area contributed by atoms with Crippen molar-refractivity contribution in [1.29, 1.82) is 0 Å². The molecule has 0 saturated heterocycles. The average molecular weight is 194 g/mol. The maximum absolute atomic E-state index is 5.63. The van der Waals surface area contributed by atoms with Gasteiger partial charge in [0.05, 0.1) is 12.3 Å². The first-order valence-electron chi connectivity index (χ1n) is 5.21. The fourth-order valence-corrected chi connectivity index (χ4v) is 1.97.